The van der Waals surface area contributed by atoms with Gasteiger partial charge in [0.05, 0.1) is 0 Å². The Balaban J connectivity index is 1.97. The van der Waals surface area contributed by atoms with E-state index in [1.54, 1.807) is 0 Å². The lowest BCUT2D eigenvalue weighted by Gasteiger charge is -2.24. The largest absolute Gasteiger partial charge is 0.210 e. The van der Waals surface area contributed by atoms with Gasteiger partial charge in [-0.3, -0.25) is 0 Å². The van der Waals surface area contributed by atoms with Crippen molar-refractivity contribution in [2.75, 3.05) is 0 Å². The van der Waals surface area contributed by atoms with Crippen molar-refractivity contribution in [1.29, 1.82) is 0 Å². The predicted octanol–water partition coefficient (Wildman–Crippen LogP) is 3.18. The molecule has 0 radical (unpaired) electrons. The Morgan fingerprint density at radius 1 is 1.23 bits per heavy atom. The van der Waals surface area contributed by atoms with E-state index in [1.165, 1.54) is 18.4 Å². The van der Waals surface area contributed by atoms with Crippen LogP contribution in [0.3, 0.4) is 0 Å². The average molecular weight is 169 g/mol. The van der Waals surface area contributed by atoms with E-state index in [0.29, 0.717) is 11.3 Å². The number of hydrogen-bond acceptors (Lipinski definition) is 0. The smallest absolute Gasteiger partial charge is 0.00645 e. The van der Waals surface area contributed by atoms with Crippen LogP contribution in [0.1, 0.15) is 18.4 Å². The van der Waals surface area contributed by atoms with Gasteiger partial charge in [-0.2, -0.15) is 23.8 Å². The first-order valence-electron chi connectivity index (χ1n) is 4.99. The monoisotopic (exact) mass is 169 g/mol. The molecule has 0 aliphatic heterocycles. The van der Waals surface area contributed by atoms with Crippen LogP contribution < -0.4 is 0 Å². The fourth-order valence-electron chi connectivity index (χ4n) is 2.46. The lowest BCUT2D eigenvalue weighted by molar-refractivity contribution is 0.590. The van der Waals surface area contributed by atoms with Gasteiger partial charge in [0.15, 0.2) is 0 Å². The summed E-state index contributed by atoms with van der Waals surface area (Å²) in [5, 5.41) is 0. The summed E-state index contributed by atoms with van der Waals surface area (Å²) in [7, 11) is 0. The van der Waals surface area contributed by atoms with Crippen LogP contribution in [-0.2, 0) is 5.41 Å². The van der Waals surface area contributed by atoms with Crippen molar-refractivity contribution >= 4 is 0 Å². The highest BCUT2D eigenvalue weighted by Crippen LogP contribution is 2.55. The van der Waals surface area contributed by atoms with Gasteiger partial charge >= 0.3 is 0 Å². The molecule has 0 aromatic heterocycles. The third-order valence-corrected chi connectivity index (χ3v) is 3.41. The molecular weight excluding hydrogens is 156 g/mol. The summed E-state index contributed by atoms with van der Waals surface area (Å²) in [4.78, 5) is 0. The second-order valence-corrected chi connectivity index (χ2v) is 4.13. The second-order valence-electron chi connectivity index (χ2n) is 4.13. The Hall–Kier alpha value is -1.17. The number of allylic oxidation sites excluding steroid dienone is 4. The standard InChI is InChI=1S/C13H13/c1-2-6-11(5-1)13(9-10-13)12-7-3-4-8-12/h1-8,11H,9-10H2/q-1. The van der Waals surface area contributed by atoms with E-state index < -0.39 is 0 Å². The molecule has 0 spiro atoms. The molecule has 1 saturated carbocycles. The van der Waals surface area contributed by atoms with Gasteiger partial charge in [0.25, 0.3) is 0 Å². The molecule has 1 aromatic carbocycles. The molecule has 3 rings (SSSR count). The maximum Gasteiger partial charge on any atom is -0.00645 e. The molecule has 1 aromatic rings. The first kappa shape index (κ1) is 7.25. The van der Waals surface area contributed by atoms with E-state index in [-0.39, 0.29) is 0 Å². The third kappa shape index (κ3) is 0.949. The van der Waals surface area contributed by atoms with E-state index in [1.807, 2.05) is 0 Å². The lowest BCUT2D eigenvalue weighted by atomic mass is 9.85. The molecule has 0 amide bonds. The Labute approximate surface area is 78.9 Å². The van der Waals surface area contributed by atoms with Gasteiger partial charge in [0, 0.05) is 0 Å². The van der Waals surface area contributed by atoms with Gasteiger partial charge in [-0.1, -0.05) is 37.1 Å². The summed E-state index contributed by atoms with van der Waals surface area (Å²) in [5.41, 5.74) is 2.02. The Kier molecular flexibility index (Phi) is 1.35. The van der Waals surface area contributed by atoms with Gasteiger partial charge in [0.1, 0.15) is 0 Å². The summed E-state index contributed by atoms with van der Waals surface area (Å²) < 4.78 is 0. The minimum atomic E-state index is 0.479. The summed E-state index contributed by atoms with van der Waals surface area (Å²) in [6, 6.07) is 8.84. The van der Waals surface area contributed by atoms with Crippen LogP contribution >= 0.6 is 0 Å². The highest BCUT2D eigenvalue weighted by atomic mass is 14.5. The lowest BCUT2D eigenvalue weighted by Crippen LogP contribution is -2.14. The Bertz CT molecular complexity index is 335. The van der Waals surface area contributed by atoms with E-state index in [0.717, 1.165) is 0 Å². The summed E-state index contributed by atoms with van der Waals surface area (Å²) in [6.07, 6.45) is 11.7. The van der Waals surface area contributed by atoms with Gasteiger partial charge in [-0.25, -0.2) is 6.07 Å². The van der Waals surface area contributed by atoms with Crippen LogP contribution in [0.25, 0.3) is 0 Å². The summed E-state index contributed by atoms with van der Waals surface area (Å²) in [6.45, 7) is 0. The van der Waals surface area contributed by atoms with E-state index >= 15 is 0 Å². The summed E-state index contributed by atoms with van der Waals surface area (Å²) >= 11 is 0. The van der Waals surface area contributed by atoms with Gasteiger partial charge in [-0.05, 0) is 11.3 Å². The Morgan fingerprint density at radius 2 is 2.00 bits per heavy atom. The fourth-order valence-corrected chi connectivity index (χ4v) is 2.46. The minimum Gasteiger partial charge on any atom is -0.210 e. The Morgan fingerprint density at radius 3 is 2.54 bits per heavy atom. The first-order valence-corrected chi connectivity index (χ1v) is 4.99. The second kappa shape index (κ2) is 2.41. The van der Waals surface area contributed by atoms with Crippen LogP contribution in [0.2, 0.25) is 0 Å². The highest BCUT2D eigenvalue weighted by Gasteiger charge is 2.44. The zero-order valence-corrected chi connectivity index (χ0v) is 7.61. The van der Waals surface area contributed by atoms with Crippen LogP contribution in [0.5, 0.6) is 0 Å². The maximum atomic E-state index is 2.33. The molecule has 0 atom stereocenters. The van der Waals surface area contributed by atoms with Gasteiger partial charge < -0.3 is 0 Å². The summed E-state index contributed by atoms with van der Waals surface area (Å²) in [5.74, 6) is 0.662. The van der Waals surface area contributed by atoms with Crippen molar-refractivity contribution in [3.8, 4) is 0 Å². The molecule has 2 aliphatic rings. The van der Waals surface area contributed by atoms with Crippen molar-refractivity contribution in [3.63, 3.8) is 0 Å². The van der Waals surface area contributed by atoms with E-state index in [4.69, 9.17) is 0 Å². The van der Waals surface area contributed by atoms with Crippen molar-refractivity contribution in [2.24, 2.45) is 5.92 Å². The molecule has 0 saturated heterocycles. The molecule has 66 valence electrons. The van der Waals surface area contributed by atoms with Crippen LogP contribution in [0.4, 0.5) is 0 Å². The molecule has 1 fully saturated rings. The number of rotatable bonds is 2. The molecule has 0 unspecified atom stereocenters. The van der Waals surface area contributed by atoms with Crippen LogP contribution in [-0.4, -0.2) is 0 Å². The predicted molar refractivity (Wildman–Crippen MR) is 54.7 cm³/mol. The topological polar surface area (TPSA) is 0 Å². The van der Waals surface area contributed by atoms with Gasteiger partial charge in [-0.15, -0.1) is 0 Å². The van der Waals surface area contributed by atoms with Gasteiger partial charge in [0.2, 0.25) is 0 Å². The first-order chi connectivity index (χ1) is 6.42. The average Bonchev–Trinajstić information content (AvgIpc) is 2.68. The molecule has 0 bridgehead atoms. The van der Waals surface area contributed by atoms with Crippen molar-refractivity contribution in [3.05, 3.63) is 54.1 Å². The van der Waals surface area contributed by atoms with Crippen LogP contribution in [0, 0.1) is 5.92 Å². The molecule has 0 nitrogen and oxygen atoms in total. The zero-order chi connectivity index (χ0) is 8.73. The molecular formula is C13H13-. The van der Waals surface area contributed by atoms with E-state index in [2.05, 4.69) is 48.6 Å². The number of hydrogen-bond donors (Lipinski definition) is 0. The van der Waals surface area contributed by atoms with Crippen molar-refractivity contribution in [2.45, 2.75) is 18.3 Å². The molecule has 0 heterocycles. The minimum absolute atomic E-state index is 0.479. The molecule has 0 N–H and O–H groups in total. The normalized spacial score (nSPS) is 24.0. The fraction of sp³-hybridized carbons (Fsp3) is 0.308. The van der Waals surface area contributed by atoms with E-state index in [9.17, 15) is 0 Å². The SMILES string of the molecule is C1=CC(C2(c3cc[cH-]c3)CC2)C=C1. The quantitative estimate of drug-likeness (QED) is 0.596. The maximum absolute atomic E-state index is 2.33. The highest BCUT2D eigenvalue weighted by molar-refractivity contribution is 5.39. The molecule has 2 aliphatic carbocycles. The van der Waals surface area contributed by atoms with Crippen molar-refractivity contribution in [1.82, 2.24) is 0 Å². The van der Waals surface area contributed by atoms with Crippen LogP contribution in [0.15, 0.2) is 48.6 Å². The molecule has 0 heteroatoms. The zero-order valence-electron chi connectivity index (χ0n) is 7.61. The van der Waals surface area contributed by atoms with Crippen molar-refractivity contribution < 1.29 is 0 Å². The molecule has 13 heavy (non-hydrogen) atoms. The third-order valence-electron chi connectivity index (χ3n) is 3.41.